The van der Waals surface area contributed by atoms with Crippen molar-refractivity contribution >= 4 is 23.2 Å². The fraction of sp³-hybridized carbons (Fsp3) is 0.406. The first kappa shape index (κ1) is 32.0. The van der Waals surface area contributed by atoms with Crippen molar-refractivity contribution in [3.63, 3.8) is 0 Å². The average molecular weight is 631 g/mol. The number of benzene rings is 2. The number of nitrogens with two attached hydrogens (primary N) is 1. The van der Waals surface area contributed by atoms with Crippen molar-refractivity contribution in [1.29, 1.82) is 0 Å². The number of hydrogen-bond acceptors (Lipinski definition) is 9. The van der Waals surface area contributed by atoms with E-state index in [4.69, 9.17) is 10.5 Å². The van der Waals surface area contributed by atoms with Gasteiger partial charge in [0, 0.05) is 23.5 Å². The molecule has 0 radical (unpaired) electrons. The number of carbonyl (C=O) groups excluding carboxylic acids is 3. The fourth-order valence-corrected chi connectivity index (χ4v) is 7.11. The summed E-state index contributed by atoms with van der Waals surface area (Å²) >= 11 is 0. The minimum atomic E-state index is -4.29. The number of aromatic hydroxyl groups is 1. The molecular weight excluding hydrogens is 597 g/mol. The van der Waals surface area contributed by atoms with E-state index in [2.05, 4.69) is 0 Å². The number of likely N-dealkylation sites (N-methyl/N-ethyl adjacent to an activating group) is 1. The number of fused-ring (bicyclic) bond motifs is 3. The fourth-order valence-electron chi connectivity index (χ4n) is 7.11. The molecule has 0 spiro atoms. The highest BCUT2D eigenvalue weighted by Crippen LogP contribution is 2.54. The number of carbonyl (C=O) groups is 3. The van der Waals surface area contributed by atoms with Crippen LogP contribution in [0.25, 0.3) is 16.9 Å². The lowest BCUT2D eigenvalue weighted by molar-refractivity contribution is -0.153. The number of ether oxygens (including phenoxy) is 1. The molecule has 0 heterocycles. The molecule has 10 nitrogen and oxygen atoms in total. The zero-order valence-corrected chi connectivity index (χ0v) is 24.7. The van der Waals surface area contributed by atoms with Crippen molar-refractivity contribution in [3.05, 3.63) is 63.9 Å². The van der Waals surface area contributed by atoms with Gasteiger partial charge in [-0.15, -0.1) is 0 Å². The van der Waals surface area contributed by atoms with Gasteiger partial charge < -0.3 is 30.9 Å². The van der Waals surface area contributed by atoms with Crippen molar-refractivity contribution in [2.24, 2.45) is 17.6 Å². The van der Waals surface area contributed by atoms with Gasteiger partial charge in [0.1, 0.15) is 28.6 Å². The molecule has 3 aliphatic rings. The molecule has 0 bridgehead atoms. The molecule has 0 saturated heterocycles. The van der Waals surface area contributed by atoms with Crippen molar-refractivity contribution < 1.29 is 52.7 Å². The van der Waals surface area contributed by atoms with Gasteiger partial charge in [0.25, 0.3) is 5.91 Å². The van der Waals surface area contributed by atoms with Gasteiger partial charge in [0.2, 0.25) is 5.78 Å². The van der Waals surface area contributed by atoms with Gasteiger partial charge in [-0.05, 0) is 80.6 Å². The van der Waals surface area contributed by atoms with E-state index in [0.29, 0.717) is 28.0 Å². The van der Waals surface area contributed by atoms with Crippen molar-refractivity contribution in [2.45, 2.75) is 49.9 Å². The normalized spacial score (nSPS) is 24.8. The third-order valence-corrected chi connectivity index (χ3v) is 9.08. The van der Waals surface area contributed by atoms with Crippen LogP contribution in [0, 0.1) is 11.8 Å². The molecule has 45 heavy (non-hydrogen) atoms. The van der Waals surface area contributed by atoms with E-state index >= 15 is 0 Å². The van der Waals surface area contributed by atoms with Gasteiger partial charge in [-0.2, -0.15) is 13.2 Å². The molecule has 2 aromatic carbocycles. The Balaban J connectivity index is 1.66. The number of aliphatic hydroxyl groups excluding tert-OH is 2. The number of halogens is 3. The molecule has 1 amide bonds. The van der Waals surface area contributed by atoms with Crippen LogP contribution in [0.2, 0.25) is 0 Å². The molecule has 240 valence electrons. The summed E-state index contributed by atoms with van der Waals surface area (Å²) in [6.07, 6.45) is -5.29. The summed E-state index contributed by atoms with van der Waals surface area (Å²) in [5.41, 5.74) is 3.29. The number of hydrogen-bond donors (Lipinski definition) is 5. The standard InChI is InChI=1S/C32H33F3N2O8/c1-37(2)25-19-13-15-12-18-16(17-11-14(6-9-21(17)45-3)5-4-10-31(33,34)35)7-8-20(38)23(18)26(39)22(15)28(41)32(19,44)29(42)24(27(25)40)30(36)43/h6-9,11,15,19,25,38-39,42,44H,4-5,10,12-13H2,1-3H3,(H2,36,43)/t15-,19-,25?,32-/m1/s1. The van der Waals surface area contributed by atoms with Crippen LogP contribution in [-0.4, -0.2) is 81.8 Å². The predicted octanol–water partition coefficient (Wildman–Crippen LogP) is 3.52. The zero-order chi connectivity index (χ0) is 33.2. The molecular formula is C32H33F3N2O8. The first-order valence-corrected chi connectivity index (χ1v) is 14.3. The number of primary amides is 1. The van der Waals surface area contributed by atoms with Crippen LogP contribution in [0.3, 0.4) is 0 Å². The number of amides is 1. The van der Waals surface area contributed by atoms with Crippen LogP contribution < -0.4 is 10.5 Å². The lowest BCUT2D eigenvalue weighted by Gasteiger charge is -2.50. The van der Waals surface area contributed by atoms with Crippen LogP contribution >= 0.6 is 0 Å². The zero-order valence-electron chi connectivity index (χ0n) is 24.7. The number of Topliss-reactive ketones (excluding diaryl/α,β-unsaturated/α-hetero) is 2. The van der Waals surface area contributed by atoms with E-state index in [0.717, 1.165) is 0 Å². The molecule has 4 atom stereocenters. The number of nitrogens with zero attached hydrogens (tertiary/aromatic N) is 1. The van der Waals surface area contributed by atoms with Gasteiger partial charge in [-0.1, -0.05) is 12.1 Å². The second kappa shape index (κ2) is 11.2. The van der Waals surface area contributed by atoms with E-state index in [1.54, 1.807) is 24.3 Å². The largest absolute Gasteiger partial charge is 0.508 e. The van der Waals surface area contributed by atoms with Gasteiger partial charge in [-0.25, -0.2) is 0 Å². The van der Waals surface area contributed by atoms with E-state index in [1.807, 2.05) is 0 Å². The minimum absolute atomic E-state index is 0.0414. The number of ketones is 2. The summed E-state index contributed by atoms with van der Waals surface area (Å²) in [6, 6.07) is 6.59. The smallest absolute Gasteiger partial charge is 0.389 e. The molecule has 1 fully saturated rings. The Bertz CT molecular complexity index is 1680. The van der Waals surface area contributed by atoms with Crippen LogP contribution in [0.1, 0.15) is 36.0 Å². The molecule has 3 aliphatic carbocycles. The third-order valence-electron chi connectivity index (χ3n) is 9.08. The monoisotopic (exact) mass is 630 g/mol. The Morgan fingerprint density at radius 2 is 1.80 bits per heavy atom. The topological polar surface area (TPSA) is 171 Å². The van der Waals surface area contributed by atoms with Gasteiger partial charge in [0.15, 0.2) is 11.4 Å². The number of rotatable bonds is 7. The Morgan fingerprint density at radius 1 is 1.11 bits per heavy atom. The number of phenols is 1. The highest BCUT2D eigenvalue weighted by molar-refractivity contribution is 6.24. The molecule has 1 unspecified atom stereocenters. The Labute approximate surface area is 256 Å². The number of phenolic OH excluding ortho intramolecular Hbond substituents is 1. The quantitative estimate of drug-likeness (QED) is 0.287. The second-order valence-electron chi connectivity index (χ2n) is 12.0. The maximum atomic E-state index is 14.0. The molecule has 13 heteroatoms. The molecule has 2 aromatic rings. The third kappa shape index (κ3) is 5.13. The van der Waals surface area contributed by atoms with Crippen molar-refractivity contribution in [1.82, 2.24) is 4.90 Å². The van der Waals surface area contributed by atoms with Crippen LogP contribution in [-0.2, 0) is 27.2 Å². The Kier molecular flexibility index (Phi) is 7.99. The summed E-state index contributed by atoms with van der Waals surface area (Å²) in [5, 5.41) is 45.2. The number of aryl methyl sites for hydroxylation is 1. The molecule has 0 aromatic heterocycles. The summed E-state index contributed by atoms with van der Waals surface area (Å²) in [6.45, 7) is 0. The molecule has 5 rings (SSSR count). The lowest BCUT2D eigenvalue weighted by Crippen LogP contribution is -2.65. The van der Waals surface area contributed by atoms with Gasteiger partial charge in [-0.3, -0.25) is 19.3 Å². The van der Waals surface area contributed by atoms with E-state index in [1.165, 1.54) is 32.2 Å². The van der Waals surface area contributed by atoms with Crippen LogP contribution in [0.4, 0.5) is 13.2 Å². The number of methoxy groups -OCH3 is 1. The summed E-state index contributed by atoms with van der Waals surface area (Å²) in [5.74, 6) is -7.17. The first-order valence-electron chi connectivity index (χ1n) is 14.3. The van der Waals surface area contributed by atoms with Gasteiger partial charge >= 0.3 is 6.18 Å². The Morgan fingerprint density at radius 3 is 2.40 bits per heavy atom. The average Bonchev–Trinajstić information content (AvgIpc) is 2.94. The van der Waals surface area contributed by atoms with Gasteiger partial charge in [0.05, 0.1) is 18.7 Å². The number of alkyl halides is 3. The first-order chi connectivity index (χ1) is 21.0. The molecule has 0 aliphatic heterocycles. The highest BCUT2D eigenvalue weighted by Gasteiger charge is 2.64. The van der Waals surface area contributed by atoms with Crippen molar-refractivity contribution in [2.75, 3.05) is 21.2 Å². The lowest BCUT2D eigenvalue weighted by atomic mass is 9.57. The minimum Gasteiger partial charge on any atom is -0.508 e. The second-order valence-corrected chi connectivity index (χ2v) is 12.0. The summed E-state index contributed by atoms with van der Waals surface area (Å²) in [4.78, 5) is 40.9. The summed E-state index contributed by atoms with van der Waals surface area (Å²) < 4.78 is 43.9. The van der Waals surface area contributed by atoms with Crippen molar-refractivity contribution in [3.8, 4) is 22.6 Å². The SMILES string of the molecule is COc1ccc(CCCC(F)(F)F)cc1-c1ccc(O)c2c1C[C@@H]1C[C@@H]3C(N(C)C)C(=O)C(C(N)=O)=C(O)[C@]3(O)C(=O)C1=C2O. The van der Waals surface area contributed by atoms with E-state index < -0.39 is 70.6 Å². The van der Waals surface area contributed by atoms with E-state index in [9.17, 15) is 48.0 Å². The maximum Gasteiger partial charge on any atom is 0.389 e. The van der Waals surface area contributed by atoms with Crippen LogP contribution in [0.5, 0.6) is 11.5 Å². The maximum absolute atomic E-state index is 14.0. The van der Waals surface area contributed by atoms with E-state index in [-0.39, 0.29) is 42.6 Å². The molecule has 1 saturated carbocycles. The highest BCUT2D eigenvalue weighted by atomic mass is 19.4. The molecule has 6 N–H and O–H groups in total. The van der Waals surface area contributed by atoms with Crippen LogP contribution in [0.15, 0.2) is 47.2 Å². The predicted molar refractivity (Wildman–Crippen MR) is 155 cm³/mol. The number of aliphatic hydroxyl groups is 3. The summed E-state index contributed by atoms with van der Waals surface area (Å²) in [7, 11) is 4.45. The Hall–Kier alpha value is -4.36.